The number of carbonyl (C=O) groups is 3. The van der Waals surface area contributed by atoms with E-state index in [1.807, 2.05) is 58.0 Å². The van der Waals surface area contributed by atoms with Crippen LogP contribution in [0.15, 0.2) is 41.1 Å². The first-order valence-electron chi connectivity index (χ1n) is 12.1. The van der Waals surface area contributed by atoms with E-state index in [0.29, 0.717) is 31.1 Å². The fraction of sp³-hybridized carbons (Fsp3) is 0.407. The Balaban J connectivity index is 1.21. The Morgan fingerprint density at radius 3 is 2.47 bits per heavy atom. The van der Waals surface area contributed by atoms with E-state index in [9.17, 15) is 14.4 Å². The zero-order valence-corrected chi connectivity index (χ0v) is 20.8. The summed E-state index contributed by atoms with van der Waals surface area (Å²) >= 11 is 0. The zero-order valence-electron chi connectivity index (χ0n) is 20.8. The lowest BCUT2D eigenvalue weighted by molar-refractivity contribution is -0.120. The number of fused-ring (bicyclic) bond motifs is 1. The maximum absolute atomic E-state index is 12.6. The largest absolute Gasteiger partial charge is 0.345 e. The van der Waals surface area contributed by atoms with Crippen molar-refractivity contribution in [2.24, 2.45) is 17.8 Å². The molecule has 3 aromatic rings. The van der Waals surface area contributed by atoms with E-state index in [0.717, 1.165) is 22.3 Å². The number of pyridine rings is 1. The molecule has 0 spiro atoms. The van der Waals surface area contributed by atoms with E-state index in [-0.39, 0.29) is 40.7 Å². The number of hydrogen-bond donors (Lipinski definition) is 2. The van der Waals surface area contributed by atoms with Gasteiger partial charge in [0.1, 0.15) is 11.6 Å². The Bertz CT molecular complexity index is 1340. The number of nitrogens with one attached hydrogen (secondary N) is 2. The van der Waals surface area contributed by atoms with Crippen molar-refractivity contribution in [2.75, 3.05) is 5.32 Å². The van der Waals surface area contributed by atoms with E-state index in [2.05, 4.69) is 25.8 Å². The molecule has 0 bridgehead atoms. The third kappa shape index (κ3) is 4.78. The van der Waals surface area contributed by atoms with Gasteiger partial charge in [-0.3, -0.25) is 14.4 Å². The maximum atomic E-state index is 12.6. The summed E-state index contributed by atoms with van der Waals surface area (Å²) in [7, 11) is 0. The maximum Gasteiger partial charge on any atom is 0.292 e. The van der Waals surface area contributed by atoms with Crippen LogP contribution in [0.5, 0.6) is 0 Å². The van der Waals surface area contributed by atoms with Crippen LogP contribution in [0.2, 0.25) is 0 Å². The summed E-state index contributed by atoms with van der Waals surface area (Å²) in [6.07, 6.45) is 2.72. The zero-order chi connectivity index (χ0) is 25.6. The average Bonchev–Trinajstić information content (AvgIpc) is 3.16. The molecule has 0 aliphatic heterocycles. The topological polar surface area (TPSA) is 127 Å². The number of rotatable bonds is 6. The predicted octanol–water partition coefficient (Wildman–Crippen LogP) is 3.83. The lowest BCUT2D eigenvalue weighted by Gasteiger charge is -2.11. The fourth-order valence-corrected chi connectivity index (χ4v) is 4.84. The molecule has 186 valence electrons. The van der Waals surface area contributed by atoms with Crippen molar-refractivity contribution in [2.45, 2.75) is 52.5 Å². The average molecular weight is 488 g/mol. The van der Waals surface area contributed by atoms with E-state index in [1.54, 1.807) is 6.20 Å². The third-order valence-corrected chi connectivity index (χ3v) is 6.96. The van der Waals surface area contributed by atoms with Crippen LogP contribution in [0, 0.1) is 24.7 Å². The summed E-state index contributed by atoms with van der Waals surface area (Å²) in [6, 6.07) is 9.70. The molecular formula is C27H29N5O4. The first-order chi connectivity index (χ1) is 17.1. The van der Waals surface area contributed by atoms with E-state index >= 15 is 0 Å². The van der Waals surface area contributed by atoms with Crippen molar-refractivity contribution in [3.8, 4) is 11.1 Å². The van der Waals surface area contributed by atoms with Gasteiger partial charge in [0.05, 0.1) is 0 Å². The first kappa shape index (κ1) is 23.8. The molecule has 36 heavy (non-hydrogen) atoms. The monoisotopic (exact) mass is 487 g/mol. The SMILES string of the molecule is Cc1cc(-c2ccnc(NC(=O)C3C4CC(=O)CC43)c2)ccc1CNC(=O)c1noc(C(C)(C)C)n1. The fourth-order valence-electron chi connectivity index (χ4n) is 4.84. The van der Waals surface area contributed by atoms with E-state index in [1.165, 1.54) is 0 Å². The predicted molar refractivity (Wildman–Crippen MR) is 132 cm³/mol. The standard InChI is InChI=1S/C27H29N5O4/c1-14-9-15(5-6-17(14)13-29-25(35)23-31-26(36-32-23)27(2,3)4)16-7-8-28-21(10-16)30-24(34)22-19-11-18(33)12-20(19)22/h5-10,19-20,22H,11-13H2,1-4H3,(H,29,35)(H,28,30,34). The van der Waals surface area contributed by atoms with E-state index in [4.69, 9.17) is 4.52 Å². The van der Waals surface area contributed by atoms with Crippen LogP contribution in [-0.4, -0.2) is 32.7 Å². The van der Waals surface area contributed by atoms with Crippen molar-refractivity contribution in [3.63, 3.8) is 0 Å². The number of aryl methyl sites for hydroxylation is 1. The van der Waals surface area contributed by atoms with Gasteiger partial charge in [-0.2, -0.15) is 4.98 Å². The number of ketones is 1. The third-order valence-electron chi connectivity index (χ3n) is 6.96. The Hall–Kier alpha value is -3.88. The van der Waals surface area contributed by atoms with Crippen LogP contribution in [0.25, 0.3) is 11.1 Å². The van der Waals surface area contributed by atoms with Crippen LogP contribution in [0.3, 0.4) is 0 Å². The van der Waals surface area contributed by atoms with Crippen LogP contribution in [0.1, 0.15) is 61.2 Å². The van der Waals surface area contributed by atoms with Crippen molar-refractivity contribution in [1.82, 2.24) is 20.4 Å². The van der Waals surface area contributed by atoms with Crippen molar-refractivity contribution in [1.29, 1.82) is 0 Å². The van der Waals surface area contributed by atoms with Crippen molar-refractivity contribution < 1.29 is 18.9 Å². The van der Waals surface area contributed by atoms with Crippen LogP contribution < -0.4 is 10.6 Å². The molecule has 0 radical (unpaired) electrons. The van der Waals surface area contributed by atoms with Crippen LogP contribution in [0.4, 0.5) is 5.82 Å². The molecule has 2 aliphatic rings. The highest BCUT2D eigenvalue weighted by Gasteiger charge is 2.59. The van der Waals surface area contributed by atoms with Gasteiger partial charge >= 0.3 is 0 Å². The minimum Gasteiger partial charge on any atom is -0.345 e. The normalized spacial score (nSPS) is 20.7. The van der Waals surface area contributed by atoms with Gasteiger partial charge in [-0.1, -0.05) is 44.1 Å². The quantitative estimate of drug-likeness (QED) is 0.541. The molecule has 2 unspecified atom stereocenters. The highest BCUT2D eigenvalue weighted by Crippen LogP contribution is 2.56. The Labute approximate surface area is 209 Å². The Morgan fingerprint density at radius 1 is 1.08 bits per heavy atom. The molecule has 2 heterocycles. The number of hydrogen-bond acceptors (Lipinski definition) is 7. The van der Waals surface area contributed by atoms with Gasteiger partial charge in [-0.15, -0.1) is 0 Å². The number of benzene rings is 1. The number of aromatic nitrogens is 3. The summed E-state index contributed by atoms with van der Waals surface area (Å²) in [6.45, 7) is 8.12. The van der Waals surface area contributed by atoms with Gasteiger partial charge in [0, 0.05) is 36.9 Å². The summed E-state index contributed by atoms with van der Waals surface area (Å²) in [4.78, 5) is 45.0. The molecule has 9 nitrogen and oxygen atoms in total. The van der Waals surface area contributed by atoms with Gasteiger partial charge in [-0.05, 0) is 53.1 Å². The molecule has 2 amide bonds. The molecule has 9 heteroatoms. The molecule has 5 rings (SSSR count). The summed E-state index contributed by atoms with van der Waals surface area (Å²) in [5.41, 5.74) is 3.54. The summed E-state index contributed by atoms with van der Waals surface area (Å²) in [5, 5.41) is 9.54. The number of Topliss-reactive ketones (excluding diaryl/α,β-unsaturated/α-hetero) is 1. The van der Waals surface area contributed by atoms with Crippen molar-refractivity contribution in [3.05, 3.63) is 59.4 Å². The van der Waals surface area contributed by atoms with Gasteiger partial charge in [-0.25, -0.2) is 4.98 Å². The first-order valence-corrected chi connectivity index (χ1v) is 12.1. The van der Waals surface area contributed by atoms with Crippen LogP contribution in [-0.2, 0) is 21.5 Å². The molecule has 1 aromatic carbocycles. The Morgan fingerprint density at radius 2 is 1.81 bits per heavy atom. The molecule has 2 fully saturated rings. The molecular weight excluding hydrogens is 458 g/mol. The van der Waals surface area contributed by atoms with E-state index < -0.39 is 5.91 Å². The minimum atomic E-state index is -0.392. The molecule has 2 N–H and O–H groups in total. The molecule has 0 saturated heterocycles. The van der Waals surface area contributed by atoms with Crippen molar-refractivity contribution >= 4 is 23.4 Å². The second-order valence-corrected chi connectivity index (χ2v) is 10.7. The lowest BCUT2D eigenvalue weighted by atomic mass is 9.97. The minimum absolute atomic E-state index is 0.0157. The van der Waals surface area contributed by atoms with Gasteiger partial charge in [0.25, 0.3) is 11.7 Å². The number of nitrogens with zero attached hydrogens (tertiary/aromatic N) is 3. The summed E-state index contributed by atoms with van der Waals surface area (Å²) < 4.78 is 5.20. The second kappa shape index (κ2) is 8.96. The number of anilines is 1. The Kier molecular flexibility index (Phi) is 5.94. The van der Waals surface area contributed by atoms with Gasteiger partial charge in [0.2, 0.25) is 11.8 Å². The highest BCUT2D eigenvalue weighted by atomic mass is 16.5. The smallest absolute Gasteiger partial charge is 0.292 e. The molecule has 2 aromatic heterocycles. The second-order valence-electron chi connectivity index (χ2n) is 10.7. The molecule has 2 atom stereocenters. The number of amides is 2. The van der Waals surface area contributed by atoms with Gasteiger partial charge < -0.3 is 15.2 Å². The highest BCUT2D eigenvalue weighted by molar-refractivity contribution is 5.97. The molecule has 2 aliphatic carbocycles. The lowest BCUT2D eigenvalue weighted by Crippen LogP contribution is -2.24. The van der Waals surface area contributed by atoms with Gasteiger partial charge in [0.15, 0.2) is 0 Å². The number of carbonyl (C=O) groups excluding carboxylic acids is 3. The van der Waals surface area contributed by atoms with Crippen LogP contribution >= 0.6 is 0 Å². The summed E-state index contributed by atoms with van der Waals surface area (Å²) in [5.74, 6) is 1.08. The molecule has 2 saturated carbocycles.